The second kappa shape index (κ2) is 11.9. The van der Waals surface area contributed by atoms with E-state index in [9.17, 15) is 26.3 Å². The van der Waals surface area contributed by atoms with Crippen molar-refractivity contribution in [2.45, 2.75) is 12.7 Å². The third kappa shape index (κ3) is 14.2. The van der Waals surface area contributed by atoms with Crippen molar-refractivity contribution in [2.75, 3.05) is 0 Å². The van der Waals surface area contributed by atoms with Crippen molar-refractivity contribution in [1.29, 1.82) is 0 Å². The predicted octanol–water partition coefficient (Wildman–Crippen LogP) is 2.36. The molecule has 0 amide bonds. The van der Waals surface area contributed by atoms with Crippen LogP contribution in [0, 0.1) is 6.07 Å². The summed E-state index contributed by atoms with van der Waals surface area (Å²) in [6.45, 7) is 0. The van der Waals surface area contributed by atoms with Gasteiger partial charge in [0.2, 0.25) is 0 Å². The Morgan fingerprint density at radius 2 is 1.08 bits per heavy atom. The molecule has 0 aromatic heterocycles. The quantitative estimate of drug-likeness (QED) is 0.354. The summed E-state index contributed by atoms with van der Waals surface area (Å²) in [5, 5.41) is 0. The van der Waals surface area contributed by atoms with Crippen LogP contribution < -0.4 is 26.5 Å². The van der Waals surface area contributed by atoms with Gasteiger partial charge in [0.1, 0.15) is 5.75 Å². The number of rotatable bonds is 2. The second-order valence-electron chi connectivity index (χ2n) is 3.79. The summed E-state index contributed by atoms with van der Waals surface area (Å²) in [6.07, 6.45) is -9.23. The predicted molar refractivity (Wildman–Crippen MR) is 78.5 cm³/mol. The number of ether oxygens (including phenoxy) is 2. The van der Waals surface area contributed by atoms with Crippen LogP contribution >= 0.6 is 15.9 Å². The fourth-order valence-corrected chi connectivity index (χ4v) is 1.47. The van der Waals surface area contributed by atoms with Crippen molar-refractivity contribution in [1.82, 2.24) is 0 Å². The van der Waals surface area contributed by atoms with Crippen LogP contribution in [0.1, 0.15) is 0 Å². The standard InChI is InChI=1S/C7H4BrF3O.C7H4F3O.BrH.Mg/c8-5-1-3-6(4-2-5)12-7(9,10)11;8-7(9,10)11-6-4-2-1-3-5-6;;/h1-4H;2-5H;1H;/q;-1;;+2/p-1. The summed E-state index contributed by atoms with van der Waals surface area (Å²) >= 11 is 3.09. The van der Waals surface area contributed by atoms with Crippen LogP contribution in [-0.2, 0) is 0 Å². The zero-order valence-corrected chi connectivity index (χ0v) is 16.8. The molecular formula is C14H8Br2F6MgO2. The maximum atomic E-state index is 11.6. The normalized spacial score (nSPS) is 10.4. The Morgan fingerprint density at radius 3 is 1.44 bits per heavy atom. The van der Waals surface area contributed by atoms with E-state index in [-0.39, 0.29) is 51.5 Å². The molecule has 0 radical (unpaired) electrons. The van der Waals surface area contributed by atoms with Gasteiger partial charge in [-0.25, -0.2) is 0 Å². The van der Waals surface area contributed by atoms with E-state index >= 15 is 0 Å². The summed E-state index contributed by atoms with van der Waals surface area (Å²) in [5.74, 6) is -0.443. The Balaban J connectivity index is 0. The first kappa shape index (κ1) is 26.6. The molecule has 0 aliphatic carbocycles. The molecule has 0 N–H and O–H groups in total. The first-order valence-electron chi connectivity index (χ1n) is 5.78. The van der Waals surface area contributed by atoms with Gasteiger partial charge in [0.05, 0.1) is 0 Å². The molecule has 2 rings (SSSR count). The first-order valence-corrected chi connectivity index (χ1v) is 6.58. The number of alkyl halides is 6. The SMILES string of the molecule is FC(F)(F)Oc1cc[c-]cc1.FC(F)(F)Oc1ccc(Br)cc1.[Br-].[Mg+2]. The Morgan fingerprint density at radius 1 is 0.720 bits per heavy atom. The zero-order chi connectivity index (χ0) is 17.5. The number of hydrogen-bond donors (Lipinski definition) is 0. The molecule has 2 nitrogen and oxygen atoms in total. The molecule has 25 heavy (non-hydrogen) atoms. The van der Waals surface area contributed by atoms with Gasteiger partial charge in [-0.15, -0.1) is 38.5 Å². The maximum Gasteiger partial charge on any atom is 2.00 e. The topological polar surface area (TPSA) is 18.5 Å². The third-order valence-corrected chi connectivity index (χ3v) is 2.50. The van der Waals surface area contributed by atoms with E-state index in [1.165, 1.54) is 48.5 Å². The molecule has 0 saturated carbocycles. The van der Waals surface area contributed by atoms with E-state index in [0.29, 0.717) is 4.47 Å². The van der Waals surface area contributed by atoms with Crippen molar-refractivity contribution in [3.05, 3.63) is 59.1 Å². The molecule has 0 saturated heterocycles. The van der Waals surface area contributed by atoms with Gasteiger partial charge < -0.3 is 26.5 Å². The van der Waals surface area contributed by atoms with Crippen LogP contribution in [0.15, 0.2) is 53.0 Å². The van der Waals surface area contributed by atoms with E-state index in [4.69, 9.17) is 0 Å². The first-order chi connectivity index (χ1) is 10.6. The molecule has 0 unspecified atom stereocenters. The zero-order valence-electron chi connectivity index (χ0n) is 12.2. The van der Waals surface area contributed by atoms with Crippen molar-refractivity contribution in [2.24, 2.45) is 0 Å². The Labute approximate surface area is 174 Å². The van der Waals surface area contributed by atoms with E-state index in [2.05, 4.69) is 31.5 Å². The molecule has 0 fully saturated rings. The molecule has 2 aromatic rings. The minimum atomic E-state index is -4.62. The van der Waals surface area contributed by atoms with Gasteiger partial charge in [-0.1, -0.05) is 15.9 Å². The molecule has 0 spiro atoms. The van der Waals surface area contributed by atoms with Crippen LogP contribution in [0.3, 0.4) is 0 Å². The molecule has 0 bridgehead atoms. The van der Waals surface area contributed by atoms with E-state index in [0.717, 1.165) is 0 Å². The molecule has 0 aliphatic rings. The van der Waals surface area contributed by atoms with Crippen LogP contribution in [0.5, 0.6) is 11.5 Å². The summed E-state index contributed by atoms with van der Waals surface area (Å²) in [4.78, 5) is 0. The summed E-state index contributed by atoms with van der Waals surface area (Å²) in [5.41, 5.74) is 0. The minimum Gasteiger partial charge on any atom is -1.00 e. The monoisotopic (exact) mass is 504 g/mol. The Bertz CT molecular complexity index is 591. The van der Waals surface area contributed by atoms with Crippen molar-refractivity contribution in [3.63, 3.8) is 0 Å². The van der Waals surface area contributed by atoms with E-state index in [1.807, 2.05) is 0 Å². The second-order valence-corrected chi connectivity index (χ2v) is 4.70. The molecule has 0 aliphatic heterocycles. The van der Waals surface area contributed by atoms with Gasteiger partial charge >= 0.3 is 35.8 Å². The van der Waals surface area contributed by atoms with Gasteiger partial charge in [0.15, 0.2) is 0 Å². The van der Waals surface area contributed by atoms with Crippen molar-refractivity contribution < 1.29 is 52.8 Å². The third-order valence-electron chi connectivity index (χ3n) is 1.97. The molecule has 0 atom stereocenters. The summed E-state index contributed by atoms with van der Waals surface area (Å²) < 4.78 is 77.3. The van der Waals surface area contributed by atoms with Crippen LogP contribution in [0.4, 0.5) is 26.3 Å². The summed E-state index contributed by atoms with van der Waals surface area (Å²) in [6, 6.07) is 13.1. The molecule has 11 heteroatoms. The van der Waals surface area contributed by atoms with Crippen molar-refractivity contribution >= 4 is 39.0 Å². The van der Waals surface area contributed by atoms with Gasteiger partial charge in [-0.3, -0.25) is 0 Å². The Kier molecular flexibility index (Phi) is 12.6. The molecular weight excluding hydrogens is 498 g/mol. The van der Waals surface area contributed by atoms with Gasteiger partial charge in [0.25, 0.3) is 0 Å². The fraction of sp³-hybridized carbons (Fsp3) is 0.143. The summed E-state index contributed by atoms with van der Waals surface area (Å²) in [7, 11) is 0. The number of halogens is 8. The Hall–Kier alpha value is -0.654. The van der Waals surface area contributed by atoms with Crippen LogP contribution in [0.2, 0.25) is 0 Å². The maximum absolute atomic E-state index is 11.6. The average molecular weight is 506 g/mol. The van der Waals surface area contributed by atoms with Gasteiger partial charge in [-0.2, -0.15) is 18.2 Å². The smallest absolute Gasteiger partial charge is 1.00 e. The molecule has 2 aromatic carbocycles. The molecule has 134 valence electrons. The number of hydrogen-bond acceptors (Lipinski definition) is 2. The van der Waals surface area contributed by atoms with Gasteiger partial charge in [0, 0.05) is 10.2 Å². The van der Waals surface area contributed by atoms with E-state index < -0.39 is 12.7 Å². The van der Waals surface area contributed by atoms with Gasteiger partial charge in [-0.05, 0) is 24.3 Å². The van der Waals surface area contributed by atoms with Crippen LogP contribution in [0.25, 0.3) is 0 Å². The number of benzene rings is 2. The average Bonchev–Trinajstić information content (AvgIpc) is 2.40. The molecule has 0 heterocycles. The largest absolute Gasteiger partial charge is 2.00 e. The van der Waals surface area contributed by atoms with E-state index in [1.54, 1.807) is 0 Å². The van der Waals surface area contributed by atoms with Crippen LogP contribution in [-0.4, -0.2) is 35.8 Å². The minimum absolute atomic E-state index is 0. The fourth-order valence-electron chi connectivity index (χ4n) is 1.21. The van der Waals surface area contributed by atoms with Crippen molar-refractivity contribution in [3.8, 4) is 11.5 Å².